The highest BCUT2D eigenvalue weighted by atomic mass is 19.4. The van der Waals surface area contributed by atoms with Gasteiger partial charge in [0.1, 0.15) is 5.69 Å². The number of rotatable bonds is 5. The van der Waals surface area contributed by atoms with Crippen LogP contribution in [-0.4, -0.2) is 57.9 Å². The van der Waals surface area contributed by atoms with Crippen molar-refractivity contribution in [3.8, 4) is 11.3 Å². The number of carboxylic acid groups (broad SMARTS) is 1. The molecular formula is C23H18F6N6O5. The standard InChI is InChI=1S/C21H17F3N6O3.C2HF3O2/c1-29(18-3-2-13(21(22,23)24)9-19(18)30(32)33)27-11-14-8-12(4-6-25-14)17-10-15-16(28-17)5-7-26-20(15)31;3-2(4,5)1(6)7/h2-4,6,8-11,28H,5,7H2,1H3,(H,26,31);(H,6,7). The molecule has 0 radical (unpaired) electrons. The zero-order chi connectivity index (χ0) is 29.8. The Bertz CT molecular complexity index is 1470. The SMILES string of the molecule is CN(N=Cc1cc(-c2cc3c([nH]2)CCNC3=O)ccn1)c1ccc(C(F)(F)F)cc1[N+](=O)[O-].O=C(O)C(F)(F)F. The molecule has 0 aliphatic carbocycles. The van der Waals surface area contributed by atoms with Crippen molar-refractivity contribution in [1.82, 2.24) is 15.3 Å². The van der Waals surface area contributed by atoms with Crippen molar-refractivity contribution in [2.45, 2.75) is 18.8 Å². The van der Waals surface area contributed by atoms with Gasteiger partial charge >= 0.3 is 18.3 Å². The lowest BCUT2D eigenvalue weighted by atomic mass is 10.1. The minimum absolute atomic E-state index is 0.108. The number of hydrogen-bond acceptors (Lipinski definition) is 7. The third-order valence-corrected chi connectivity index (χ3v) is 5.35. The van der Waals surface area contributed by atoms with Gasteiger partial charge in [-0.05, 0) is 30.3 Å². The number of nitro groups is 1. The van der Waals surface area contributed by atoms with E-state index in [1.54, 1.807) is 18.2 Å². The molecule has 1 aliphatic heterocycles. The van der Waals surface area contributed by atoms with Crippen LogP contribution < -0.4 is 10.3 Å². The van der Waals surface area contributed by atoms with Gasteiger partial charge in [0.25, 0.3) is 11.6 Å². The van der Waals surface area contributed by atoms with Crippen molar-refractivity contribution in [1.29, 1.82) is 0 Å². The van der Waals surface area contributed by atoms with Crippen molar-refractivity contribution in [2.24, 2.45) is 5.10 Å². The molecular weight excluding hydrogens is 554 g/mol. The van der Waals surface area contributed by atoms with E-state index in [2.05, 4.69) is 20.4 Å². The van der Waals surface area contributed by atoms with Crippen LogP contribution in [0.4, 0.5) is 37.7 Å². The van der Waals surface area contributed by atoms with Crippen LogP contribution in [0.3, 0.4) is 0 Å². The van der Waals surface area contributed by atoms with Crippen LogP contribution in [-0.2, 0) is 17.4 Å². The minimum Gasteiger partial charge on any atom is -0.475 e. The first-order chi connectivity index (χ1) is 18.6. The number of benzene rings is 1. The molecule has 1 aliphatic rings. The molecule has 0 saturated carbocycles. The van der Waals surface area contributed by atoms with Crippen LogP contribution in [0, 0.1) is 10.1 Å². The van der Waals surface area contributed by atoms with Gasteiger partial charge in [-0.25, -0.2) is 4.79 Å². The van der Waals surface area contributed by atoms with Crippen molar-refractivity contribution in [3.63, 3.8) is 0 Å². The average Bonchev–Trinajstić information content (AvgIpc) is 3.32. The molecule has 212 valence electrons. The molecule has 1 amide bonds. The number of alkyl halides is 6. The summed E-state index contributed by atoms with van der Waals surface area (Å²) in [4.78, 5) is 38.7. The normalized spacial score (nSPS) is 13.2. The minimum atomic E-state index is -5.08. The fourth-order valence-corrected chi connectivity index (χ4v) is 3.46. The van der Waals surface area contributed by atoms with Crippen molar-refractivity contribution < 1.29 is 46.0 Å². The second kappa shape index (κ2) is 11.4. The number of amides is 1. The number of hydrogen-bond donors (Lipinski definition) is 3. The lowest BCUT2D eigenvalue weighted by Gasteiger charge is -2.14. The molecule has 0 bridgehead atoms. The number of aromatic amines is 1. The van der Waals surface area contributed by atoms with E-state index in [9.17, 15) is 41.3 Å². The summed E-state index contributed by atoms with van der Waals surface area (Å²) in [6, 6.07) is 7.43. The number of H-pyrrole nitrogens is 1. The van der Waals surface area contributed by atoms with Gasteiger partial charge in [0.2, 0.25) is 0 Å². The number of carbonyl (C=O) groups excluding carboxylic acids is 1. The van der Waals surface area contributed by atoms with Crippen molar-refractivity contribution >= 4 is 29.5 Å². The molecule has 17 heteroatoms. The predicted octanol–water partition coefficient (Wildman–Crippen LogP) is 4.39. The molecule has 0 unspecified atom stereocenters. The third-order valence-electron chi connectivity index (χ3n) is 5.35. The quantitative estimate of drug-likeness (QED) is 0.177. The van der Waals surface area contributed by atoms with E-state index in [-0.39, 0.29) is 11.6 Å². The first-order valence-corrected chi connectivity index (χ1v) is 11.0. The Morgan fingerprint density at radius 2 is 1.85 bits per heavy atom. The second-order valence-corrected chi connectivity index (χ2v) is 8.08. The van der Waals surface area contributed by atoms with E-state index in [1.165, 1.54) is 19.5 Å². The van der Waals surface area contributed by atoms with Gasteiger partial charge in [-0.3, -0.25) is 24.9 Å². The fraction of sp³-hybridized carbons (Fsp3) is 0.217. The Morgan fingerprint density at radius 1 is 1.18 bits per heavy atom. The van der Waals surface area contributed by atoms with E-state index in [0.717, 1.165) is 34.1 Å². The maximum absolute atomic E-state index is 12.9. The summed E-state index contributed by atoms with van der Waals surface area (Å²) in [7, 11) is 1.38. The summed E-state index contributed by atoms with van der Waals surface area (Å²) >= 11 is 0. The molecule has 0 saturated heterocycles. The predicted molar refractivity (Wildman–Crippen MR) is 128 cm³/mol. The summed E-state index contributed by atoms with van der Waals surface area (Å²) < 4.78 is 70.5. The summed E-state index contributed by atoms with van der Waals surface area (Å²) in [6.07, 6.45) is -6.22. The highest BCUT2D eigenvalue weighted by molar-refractivity contribution is 5.97. The number of hydrazone groups is 1. The molecule has 2 aromatic heterocycles. The van der Waals surface area contributed by atoms with Crippen molar-refractivity contribution in [3.05, 3.63) is 75.2 Å². The van der Waals surface area contributed by atoms with Crippen LogP contribution in [0.15, 0.2) is 47.7 Å². The summed E-state index contributed by atoms with van der Waals surface area (Å²) in [5, 5.41) is 26.4. The topological polar surface area (TPSA) is 154 Å². The number of nitrogens with one attached hydrogen (secondary N) is 2. The Morgan fingerprint density at radius 3 is 2.42 bits per heavy atom. The lowest BCUT2D eigenvalue weighted by molar-refractivity contribution is -0.384. The number of halogens is 6. The maximum atomic E-state index is 12.9. The number of carbonyl (C=O) groups is 2. The van der Waals surface area contributed by atoms with E-state index in [4.69, 9.17) is 9.90 Å². The highest BCUT2D eigenvalue weighted by Gasteiger charge is 2.38. The van der Waals surface area contributed by atoms with E-state index >= 15 is 0 Å². The number of aromatic nitrogens is 2. The molecule has 1 aromatic carbocycles. The van der Waals surface area contributed by atoms with Crippen LogP contribution in [0.25, 0.3) is 11.3 Å². The number of fused-ring (bicyclic) bond motifs is 1. The Balaban J connectivity index is 0.000000559. The zero-order valence-electron chi connectivity index (χ0n) is 20.2. The number of anilines is 1. The van der Waals surface area contributed by atoms with Crippen molar-refractivity contribution in [2.75, 3.05) is 18.6 Å². The van der Waals surface area contributed by atoms with Gasteiger partial charge in [0, 0.05) is 49.2 Å². The van der Waals surface area contributed by atoms with Gasteiger partial charge in [-0.2, -0.15) is 31.4 Å². The third kappa shape index (κ3) is 7.12. The Kier molecular flexibility index (Phi) is 8.45. The average molecular weight is 572 g/mol. The fourth-order valence-electron chi connectivity index (χ4n) is 3.46. The largest absolute Gasteiger partial charge is 0.490 e. The van der Waals surface area contributed by atoms with Gasteiger partial charge < -0.3 is 15.4 Å². The Hall–Kier alpha value is -4.96. The van der Waals surface area contributed by atoms with Gasteiger partial charge in [0.15, 0.2) is 0 Å². The maximum Gasteiger partial charge on any atom is 0.490 e. The zero-order valence-corrected chi connectivity index (χ0v) is 20.2. The van der Waals surface area contributed by atoms with Gasteiger partial charge in [-0.15, -0.1) is 0 Å². The van der Waals surface area contributed by atoms with Gasteiger partial charge in [-0.1, -0.05) is 0 Å². The monoisotopic (exact) mass is 572 g/mol. The van der Waals surface area contributed by atoms with E-state index < -0.39 is 34.5 Å². The van der Waals surface area contributed by atoms with Crippen LogP contribution in [0.1, 0.15) is 27.3 Å². The number of nitrogens with zero attached hydrogens (tertiary/aromatic N) is 4. The first-order valence-electron chi connectivity index (χ1n) is 11.0. The molecule has 3 N–H and O–H groups in total. The molecule has 3 aromatic rings. The van der Waals surface area contributed by atoms with E-state index in [1.807, 2.05) is 0 Å². The van der Waals surface area contributed by atoms with E-state index in [0.29, 0.717) is 30.3 Å². The molecule has 0 atom stereocenters. The smallest absolute Gasteiger partial charge is 0.475 e. The van der Waals surface area contributed by atoms with Crippen LogP contribution >= 0.6 is 0 Å². The molecule has 0 spiro atoms. The summed E-state index contributed by atoms with van der Waals surface area (Å²) in [6.45, 7) is 0.558. The highest BCUT2D eigenvalue weighted by Crippen LogP contribution is 2.36. The van der Waals surface area contributed by atoms with Gasteiger partial charge in [0.05, 0.1) is 28.0 Å². The molecule has 40 heavy (non-hydrogen) atoms. The number of pyridine rings is 1. The molecule has 0 fully saturated rings. The summed E-state index contributed by atoms with van der Waals surface area (Å²) in [5.41, 5.74) is 1.35. The number of aliphatic carboxylic acids is 1. The molecule has 3 heterocycles. The number of nitro benzene ring substituents is 1. The first kappa shape index (κ1) is 29.6. The Labute approximate surface area is 220 Å². The molecule has 11 nitrogen and oxygen atoms in total. The van der Waals surface area contributed by atoms with Crippen LogP contribution in [0.5, 0.6) is 0 Å². The second-order valence-electron chi connectivity index (χ2n) is 8.08. The summed E-state index contributed by atoms with van der Waals surface area (Å²) in [5.74, 6) is -2.90. The number of carboxylic acids is 1. The lowest BCUT2D eigenvalue weighted by Crippen LogP contribution is -2.31. The molecule has 4 rings (SSSR count). The van der Waals surface area contributed by atoms with Crippen LogP contribution in [0.2, 0.25) is 0 Å².